The Bertz CT molecular complexity index is 840. The maximum atomic E-state index is 12.4. The molecule has 7 heteroatoms. The molecule has 3 N–H and O–H groups in total. The van der Waals surface area contributed by atoms with Crippen molar-refractivity contribution in [2.75, 3.05) is 11.4 Å². The summed E-state index contributed by atoms with van der Waals surface area (Å²) in [5.41, 5.74) is 6.83. The number of nitrogens with one attached hydrogen (secondary N) is 3. The number of carbonyl (C=O) groups is 2. The van der Waals surface area contributed by atoms with Crippen molar-refractivity contribution >= 4 is 17.5 Å². The number of ether oxygens (including phenoxy) is 1. The van der Waals surface area contributed by atoms with Crippen molar-refractivity contribution in [3.05, 3.63) is 54.6 Å². The fourth-order valence-electron chi connectivity index (χ4n) is 3.56. The molecule has 2 saturated heterocycles. The molecule has 7 nitrogen and oxygen atoms in total. The minimum absolute atomic E-state index is 0.00732. The van der Waals surface area contributed by atoms with Crippen molar-refractivity contribution in [1.82, 2.24) is 16.2 Å². The zero-order valence-corrected chi connectivity index (χ0v) is 15.7. The van der Waals surface area contributed by atoms with E-state index in [0.717, 1.165) is 17.9 Å². The van der Waals surface area contributed by atoms with E-state index in [4.69, 9.17) is 4.74 Å². The van der Waals surface area contributed by atoms with E-state index in [1.54, 1.807) is 4.90 Å². The number of para-hydroxylation sites is 1. The third kappa shape index (κ3) is 4.16. The van der Waals surface area contributed by atoms with Crippen LogP contribution in [0.4, 0.5) is 5.69 Å². The van der Waals surface area contributed by atoms with Gasteiger partial charge in [-0.25, -0.2) is 5.43 Å². The average Bonchev–Trinajstić information content (AvgIpc) is 3.29. The third-order valence-electron chi connectivity index (χ3n) is 5.01. The van der Waals surface area contributed by atoms with Gasteiger partial charge in [0.1, 0.15) is 17.5 Å². The van der Waals surface area contributed by atoms with Crippen molar-refractivity contribution in [3.8, 4) is 11.5 Å². The molecular formula is C21H24N4O3. The van der Waals surface area contributed by atoms with Gasteiger partial charge in [0, 0.05) is 24.7 Å². The van der Waals surface area contributed by atoms with Crippen LogP contribution in [-0.2, 0) is 9.59 Å². The molecule has 3 unspecified atom stereocenters. The minimum atomic E-state index is -0.256. The molecule has 2 fully saturated rings. The van der Waals surface area contributed by atoms with Gasteiger partial charge in [0.25, 0.3) is 0 Å². The summed E-state index contributed by atoms with van der Waals surface area (Å²) >= 11 is 0. The largest absolute Gasteiger partial charge is 0.457 e. The second kappa shape index (κ2) is 8.00. The van der Waals surface area contributed by atoms with E-state index in [1.807, 2.05) is 61.5 Å². The summed E-state index contributed by atoms with van der Waals surface area (Å²) in [6.45, 7) is 2.49. The Hall–Kier alpha value is -2.90. The number of carbonyl (C=O) groups excluding carboxylic acids is 2. The van der Waals surface area contributed by atoms with Crippen LogP contribution in [0.25, 0.3) is 0 Å². The van der Waals surface area contributed by atoms with Gasteiger partial charge in [-0.3, -0.25) is 15.0 Å². The fourth-order valence-corrected chi connectivity index (χ4v) is 3.56. The van der Waals surface area contributed by atoms with Crippen molar-refractivity contribution in [2.24, 2.45) is 0 Å². The minimum Gasteiger partial charge on any atom is -0.457 e. The number of nitrogens with zero attached hydrogens (tertiary/aromatic N) is 1. The lowest BCUT2D eigenvalue weighted by Crippen LogP contribution is -2.47. The standard InChI is InChI=1S/C21H24N4O3/c1-14-11-19(24-23-14)21(27)22-15-12-20(26)25(13-15)16-7-9-18(10-8-16)28-17-5-3-2-4-6-17/h2-10,14-15,19,23-24H,11-13H2,1H3,(H,22,27). The first kappa shape index (κ1) is 18.5. The van der Waals surface area contributed by atoms with E-state index >= 15 is 0 Å². The van der Waals surface area contributed by atoms with E-state index < -0.39 is 0 Å². The predicted molar refractivity (Wildman–Crippen MR) is 106 cm³/mol. The smallest absolute Gasteiger partial charge is 0.238 e. The SMILES string of the molecule is CC1CC(C(=O)NC2CC(=O)N(c3ccc(Oc4ccccc4)cc3)C2)NN1. The molecule has 0 spiro atoms. The topological polar surface area (TPSA) is 82.7 Å². The monoisotopic (exact) mass is 380 g/mol. The number of amides is 2. The van der Waals surface area contributed by atoms with Crippen molar-refractivity contribution in [1.29, 1.82) is 0 Å². The summed E-state index contributed by atoms with van der Waals surface area (Å²) in [6.07, 6.45) is 1.04. The van der Waals surface area contributed by atoms with Crippen molar-refractivity contribution in [3.63, 3.8) is 0 Å². The maximum absolute atomic E-state index is 12.4. The number of hydrogen-bond donors (Lipinski definition) is 3. The van der Waals surface area contributed by atoms with E-state index in [9.17, 15) is 9.59 Å². The molecule has 0 saturated carbocycles. The number of hydrogen-bond acceptors (Lipinski definition) is 5. The Morgan fingerprint density at radius 3 is 2.46 bits per heavy atom. The van der Waals surface area contributed by atoms with E-state index in [1.165, 1.54) is 0 Å². The molecule has 3 atom stereocenters. The van der Waals surface area contributed by atoms with Crippen LogP contribution in [0.5, 0.6) is 11.5 Å². The highest BCUT2D eigenvalue weighted by Gasteiger charge is 2.34. The summed E-state index contributed by atoms with van der Waals surface area (Å²) in [7, 11) is 0. The highest BCUT2D eigenvalue weighted by molar-refractivity contribution is 5.97. The first-order valence-corrected chi connectivity index (χ1v) is 9.53. The van der Waals surface area contributed by atoms with E-state index in [0.29, 0.717) is 18.7 Å². The van der Waals surface area contributed by atoms with Crippen molar-refractivity contribution in [2.45, 2.75) is 37.9 Å². The van der Waals surface area contributed by atoms with Gasteiger partial charge in [0.15, 0.2) is 0 Å². The Morgan fingerprint density at radius 2 is 1.79 bits per heavy atom. The van der Waals surface area contributed by atoms with Crippen LogP contribution in [0.15, 0.2) is 54.6 Å². The summed E-state index contributed by atoms with van der Waals surface area (Å²) in [5, 5.41) is 2.99. The third-order valence-corrected chi connectivity index (χ3v) is 5.01. The summed E-state index contributed by atoms with van der Waals surface area (Å²) in [5.74, 6) is 1.41. The van der Waals surface area contributed by atoms with Crippen LogP contribution in [0.3, 0.4) is 0 Å². The second-order valence-corrected chi connectivity index (χ2v) is 7.30. The van der Waals surface area contributed by atoms with Crippen LogP contribution in [0.2, 0.25) is 0 Å². The lowest BCUT2D eigenvalue weighted by Gasteiger charge is -2.19. The van der Waals surface area contributed by atoms with Crippen LogP contribution in [0, 0.1) is 0 Å². The van der Waals surface area contributed by atoms with Gasteiger partial charge in [0.2, 0.25) is 11.8 Å². The van der Waals surface area contributed by atoms with Crippen LogP contribution in [-0.4, -0.2) is 36.5 Å². The lowest BCUT2D eigenvalue weighted by atomic mass is 10.1. The van der Waals surface area contributed by atoms with Gasteiger partial charge < -0.3 is 15.0 Å². The van der Waals surface area contributed by atoms with E-state index in [2.05, 4.69) is 16.2 Å². The second-order valence-electron chi connectivity index (χ2n) is 7.30. The molecule has 2 heterocycles. The molecule has 0 aliphatic carbocycles. The van der Waals surface area contributed by atoms with Gasteiger partial charge in [-0.1, -0.05) is 18.2 Å². The summed E-state index contributed by atoms with van der Waals surface area (Å²) in [6, 6.07) is 16.8. The van der Waals surface area contributed by atoms with Crippen LogP contribution < -0.4 is 25.8 Å². The quantitative estimate of drug-likeness (QED) is 0.739. The molecule has 2 aromatic carbocycles. The molecule has 28 heavy (non-hydrogen) atoms. The number of benzene rings is 2. The van der Waals surface area contributed by atoms with Gasteiger partial charge in [-0.2, -0.15) is 0 Å². The Morgan fingerprint density at radius 1 is 1.07 bits per heavy atom. The number of hydrazine groups is 1. The normalized spacial score (nSPS) is 24.4. The molecule has 146 valence electrons. The Labute approximate surface area is 164 Å². The van der Waals surface area contributed by atoms with Gasteiger partial charge in [0.05, 0.1) is 6.04 Å². The summed E-state index contributed by atoms with van der Waals surface area (Å²) in [4.78, 5) is 26.5. The highest BCUT2D eigenvalue weighted by atomic mass is 16.5. The summed E-state index contributed by atoms with van der Waals surface area (Å²) < 4.78 is 5.79. The molecule has 2 aliphatic rings. The maximum Gasteiger partial charge on any atom is 0.238 e. The molecular weight excluding hydrogens is 356 g/mol. The van der Waals surface area contributed by atoms with Gasteiger partial charge >= 0.3 is 0 Å². The van der Waals surface area contributed by atoms with E-state index in [-0.39, 0.29) is 29.9 Å². The average molecular weight is 380 g/mol. The molecule has 0 bridgehead atoms. The first-order chi connectivity index (χ1) is 13.6. The number of anilines is 1. The molecule has 4 rings (SSSR count). The van der Waals surface area contributed by atoms with Gasteiger partial charge in [-0.15, -0.1) is 0 Å². The fraction of sp³-hybridized carbons (Fsp3) is 0.333. The molecule has 2 amide bonds. The molecule has 0 aromatic heterocycles. The van der Waals surface area contributed by atoms with Crippen LogP contribution >= 0.6 is 0 Å². The number of rotatable bonds is 5. The lowest BCUT2D eigenvalue weighted by molar-refractivity contribution is -0.123. The zero-order valence-electron chi connectivity index (χ0n) is 15.7. The van der Waals surface area contributed by atoms with Crippen LogP contribution in [0.1, 0.15) is 19.8 Å². The van der Waals surface area contributed by atoms with Gasteiger partial charge in [-0.05, 0) is 49.7 Å². The first-order valence-electron chi connectivity index (χ1n) is 9.53. The Kier molecular flexibility index (Phi) is 5.27. The molecule has 0 radical (unpaired) electrons. The molecule has 2 aliphatic heterocycles. The highest BCUT2D eigenvalue weighted by Crippen LogP contribution is 2.27. The predicted octanol–water partition coefficient (Wildman–Crippen LogP) is 1.96. The zero-order chi connectivity index (χ0) is 19.5. The molecule has 2 aromatic rings. The van der Waals surface area contributed by atoms with Crippen molar-refractivity contribution < 1.29 is 14.3 Å². The Balaban J connectivity index is 1.35.